The molecule has 0 saturated heterocycles. The van der Waals surface area contributed by atoms with Crippen LogP contribution in [0.2, 0.25) is 0 Å². The van der Waals surface area contributed by atoms with Crippen LogP contribution in [0.3, 0.4) is 0 Å². The summed E-state index contributed by atoms with van der Waals surface area (Å²) < 4.78 is 0. The summed E-state index contributed by atoms with van der Waals surface area (Å²) in [6.07, 6.45) is 3.24. The van der Waals surface area contributed by atoms with Crippen LogP contribution in [0.1, 0.15) is 25.8 Å². The van der Waals surface area contributed by atoms with E-state index in [2.05, 4.69) is 57.4 Å². The second-order valence-corrected chi connectivity index (χ2v) is 4.20. The molecule has 0 unspecified atom stereocenters. The molecule has 3 heteroatoms. The van der Waals surface area contributed by atoms with Crippen molar-refractivity contribution in [2.24, 2.45) is 4.99 Å². The quantitative estimate of drug-likeness (QED) is 0.520. The fraction of sp³-hybridized carbons (Fsp3) is 0.286. The van der Waals surface area contributed by atoms with Crippen molar-refractivity contribution in [1.82, 2.24) is 0 Å². The Bertz CT molecular complexity index is 473. The van der Waals surface area contributed by atoms with Gasteiger partial charge in [-0.15, -0.1) is 0 Å². The van der Waals surface area contributed by atoms with E-state index in [-0.39, 0.29) is 0 Å². The molecule has 0 aliphatic rings. The summed E-state index contributed by atoms with van der Waals surface area (Å²) in [6.45, 7) is 9.96. The van der Waals surface area contributed by atoms with E-state index in [0.29, 0.717) is 0 Å². The molecule has 1 aromatic carbocycles. The monoisotopic (exact) mass is 223 g/mol. The van der Waals surface area contributed by atoms with Crippen molar-refractivity contribution in [2.45, 2.75) is 20.3 Å². The first-order valence-corrected chi connectivity index (χ1v) is 6.00. The number of hydrogen-bond donors (Lipinski definition) is 0. The van der Waals surface area contributed by atoms with Crippen molar-refractivity contribution in [3.8, 4) is 0 Å². The van der Waals surface area contributed by atoms with Gasteiger partial charge in [0.05, 0.1) is 0 Å². The molecule has 0 aliphatic heterocycles. The molecule has 0 radical (unpaired) electrons. The van der Waals surface area contributed by atoms with Crippen LogP contribution >= 0.6 is 0 Å². The van der Waals surface area contributed by atoms with Crippen molar-refractivity contribution in [2.75, 3.05) is 7.05 Å². The summed E-state index contributed by atoms with van der Waals surface area (Å²) in [5.74, 6) is 0. The molecule has 0 atom stereocenters. The maximum absolute atomic E-state index is 4.41. The molecule has 0 heterocycles. The van der Waals surface area contributed by atoms with E-state index >= 15 is 0 Å². The van der Waals surface area contributed by atoms with Gasteiger partial charge in [0.2, 0.25) is 0 Å². The van der Waals surface area contributed by atoms with Crippen molar-refractivity contribution in [3.05, 3.63) is 35.4 Å². The molecular formula is C14H19B2N. The molecule has 0 aromatic heterocycles. The molecule has 0 N–H and O–H groups in total. The minimum absolute atomic E-state index is 1.03. The Kier molecular flexibility index (Phi) is 5.14. The molecule has 0 fully saturated rings. The fourth-order valence-electron chi connectivity index (χ4n) is 2.00. The Labute approximate surface area is 106 Å². The van der Waals surface area contributed by atoms with E-state index in [1.165, 1.54) is 16.6 Å². The summed E-state index contributed by atoms with van der Waals surface area (Å²) >= 11 is 0. The number of allylic oxidation sites excluding steroid dienone is 2. The number of nitrogens with zero attached hydrogens (tertiary/aromatic N) is 1. The molecule has 0 spiro atoms. The second-order valence-electron chi connectivity index (χ2n) is 4.20. The Hall–Kier alpha value is -1.37. The predicted molar refractivity (Wildman–Crippen MR) is 83.6 cm³/mol. The van der Waals surface area contributed by atoms with Crippen molar-refractivity contribution < 1.29 is 0 Å². The first-order chi connectivity index (χ1) is 8.12. The van der Waals surface area contributed by atoms with E-state index in [1.807, 2.05) is 14.0 Å². The maximum atomic E-state index is 4.41. The number of benzene rings is 1. The molecule has 1 rings (SSSR count). The third-order valence-electron chi connectivity index (χ3n) is 2.72. The molecule has 0 bridgehead atoms. The minimum atomic E-state index is 1.03. The molecule has 17 heavy (non-hydrogen) atoms. The molecular weight excluding hydrogens is 204 g/mol. The normalized spacial score (nSPS) is 12.4. The van der Waals surface area contributed by atoms with Gasteiger partial charge in [-0.2, -0.15) is 0 Å². The Morgan fingerprint density at radius 2 is 2.18 bits per heavy atom. The van der Waals surface area contributed by atoms with Gasteiger partial charge in [0, 0.05) is 0 Å². The van der Waals surface area contributed by atoms with Crippen LogP contribution in [0.15, 0.2) is 34.8 Å². The molecule has 1 aromatic rings. The first kappa shape index (κ1) is 13.7. The van der Waals surface area contributed by atoms with Gasteiger partial charge in [0.1, 0.15) is 0 Å². The fourth-order valence-corrected chi connectivity index (χ4v) is 2.00. The molecule has 86 valence electrons. The summed E-state index contributed by atoms with van der Waals surface area (Å²) in [5.41, 5.74) is 5.85. The van der Waals surface area contributed by atoms with Crippen LogP contribution in [0.4, 0.5) is 0 Å². The van der Waals surface area contributed by atoms with Crippen LogP contribution in [-0.2, 0) is 0 Å². The molecule has 0 saturated carbocycles. The third-order valence-corrected chi connectivity index (χ3v) is 2.72. The number of hydrogen-bond acceptors (Lipinski definition) is 1. The standard InChI is InChI=1S/C14H19B2N/c1-5-6-10(2)14(17-4)11-7-12(15)9-13(8-11)16-3/h6-9H,3,5,15H2,1-2,4H3/b10-6-,17-14+. The Morgan fingerprint density at radius 1 is 1.47 bits per heavy atom. The predicted octanol–water partition coefficient (Wildman–Crippen LogP) is 0.482. The Morgan fingerprint density at radius 3 is 2.71 bits per heavy atom. The summed E-state index contributed by atoms with van der Waals surface area (Å²) in [5, 5.41) is 0. The van der Waals surface area contributed by atoms with Crippen LogP contribution in [0.25, 0.3) is 0 Å². The van der Waals surface area contributed by atoms with Crippen molar-refractivity contribution in [3.63, 3.8) is 0 Å². The van der Waals surface area contributed by atoms with E-state index in [0.717, 1.165) is 17.6 Å². The van der Waals surface area contributed by atoms with Crippen LogP contribution in [-0.4, -0.2) is 34.0 Å². The first-order valence-electron chi connectivity index (χ1n) is 6.00. The van der Waals surface area contributed by atoms with E-state index in [1.54, 1.807) is 0 Å². The van der Waals surface area contributed by atoms with Gasteiger partial charge in [-0.1, -0.05) is 0 Å². The topological polar surface area (TPSA) is 12.4 Å². The number of rotatable bonds is 4. The van der Waals surface area contributed by atoms with Crippen LogP contribution in [0.5, 0.6) is 0 Å². The van der Waals surface area contributed by atoms with E-state index in [4.69, 9.17) is 0 Å². The molecule has 0 amide bonds. The van der Waals surface area contributed by atoms with Crippen LogP contribution < -0.4 is 10.9 Å². The zero-order valence-corrected chi connectivity index (χ0v) is 11.2. The summed E-state index contributed by atoms with van der Waals surface area (Å²) in [4.78, 5) is 4.41. The van der Waals surface area contributed by atoms with Gasteiger partial charge in [-0.05, 0) is 0 Å². The van der Waals surface area contributed by atoms with Gasteiger partial charge < -0.3 is 0 Å². The summed E-state index contributed by atoms with van der Waals surface area (Å²) in [6, 6.07) is 6.43. The third kappa shape index (κ3) is 3.55. The van der Waals surface area contributed by atoms with E-state index < -0.39 is 0 Å². The van der Waals surface area contributed by atoms with Crippen molar-refractivity contribution >= 4 is 37.9 Å². The van der Waals surface area contributed by atoms with Gasteiger partial charge in [0.15, 0.2) is 0 Å². The second kappa shape index (κ2) is 6.39. The van der Waals surface area contributed by atoms with Gasteiger partial charge in [0.25, 0.3) is 0 Å². The zero-order chi connectivity index (χ0) is 12.8. The molecule has 0 aliphatic carbocycles. The summed E-state index contributed by atoms with van der Waals surface area (Å²) in [7, 11) is 3.95. The SMILES string of the molecule is Bc1cc(B=C)cc(C(=N/C)/C(C)=C\CC)c1. The number of aliphatic imine (C=N–C) groups is 1. The van der Waals surface area contributed by atoms with Crippen molar-refractivity contribution in [1.29, 1.82) is 0 Å². The van der Waals surface area contributed by atoms with Crippen LogP contribution in [0, 0.1) is 0 Å². The average Bonchev–Trinajstić information content (AvgIpc) is 2.29. The van der Waals surface area contributed by atoms with Gasteiger partial charge in [-0.3, -0.25) is 0 Å². The molecule has 1 nitrogen and oxygen atoms in total. The average molecular weight is 223 g/mol. The zero-order valence-electron chi connectivity index (χ0n) is 11.2. The Balaban J connectivity index is 3.26. The van der Waals surface area contributed by atoms with E-state index in [9.17, 15) is 0 Å². The van der Waals surface area contributed by atoms with Gasteiger partial charge >= 0.3 is 106 Å². The van der Waals surface area contributed by atoms with Gasteiger partial charge in [-0.25, -0.2) is 0 Å².